The Morgan fingerprint density at radius 1 is 1.08 bits per heavy atom. The van der Waals surface area contributed by atoms with E-state index in [-0.39, 0.29) is 11.0 Å². The Hall–Kier alpha value is -2.56. The number of nitro groups is 1. The van der Waals surface area contributed by atoms with Crippen molar-refractivity contribution in [3.63, 3.8) is 0 Å². The summed E-state index contributed by atoms with van der Waals surface area (Å²) < 4.78 is 5.17. The first-order valence-electron chi connectivity index (χ1n) is 9.22. The van der Waals surface area contributed by atoms with Crippen molar-refractivity contribution < 1.29 is 9.66 Å². The average Bonchev–Trinajstić information content (AvgIpc) is 2.66. The van der Waals surface area contributed by atoms with Crippen LogP contribution in [-0.4, -0.2) is 24.1 Å². The van der Waals surface area contributed by atoms with Crippen molar-refractivity contribution >= 4 is 5.69 Å². The fourth-order valence-electron chi connectivity index (χ4n) is 3.18. The summed E-state index contributed by atoms with van der Waals surface area (Å²) in [5.74, 6) is 0.774. The van der Waals surface area contributed by atoms with E-state index in [2.05, 4.69) is 17.4 Å². The minimum Gasteiger partial charge on any atom is -0.497 e. The van der Waals surface area contributed by atoms with Crippen LogP contribution < -0.4 is 10.1 Å². The van der Waals surface area contributed by atoms with Crippen LogP contribution in [0.4, 0.5) is 5.69 Å². The Morgan fingerprint density at radius 2 is 1.77 bits per heavy atom. The van der Waals surface area contributed by atoms with E-state index in [0.29, 0.717) is 6.42 Å². The van der Waals surface area contributed by atoms with Gasteiger partial charge in [0.25, 0.3) is 0 Å². The number of unbranched alkanes of at least 4 members (excludes halogenated alkanes) is 1. The Bertz CT molecular complexity index is 659. The van der Waals surface area contributed by atoms with Gasteiger partial charge in [-0.05, 0) is 49.1 Å². The molecule has 2 aromatic rings. The summed E-state index contributed by atoms with van der Waals surface area (Å²) in [7, 11) is 1.62. The van der Waals surface area contributed by atoms with E-state index in [9.17, 15) is 10.1 Å². The first-order chi connectivity index (χ1) is 12.6. The quantitative estimate of drug-likeness (QED) is 0.352. The van der Waals surface area contributed by atoms with Gasteiger partial charge < -0.3 is 10.1 Å². The molecule has 2 aromatic carbocycles. The molecule has 0 heterocycles. The third-order valence-corrected chi connectivity index (χ3v) is 4.67. The number of anilines is 1. The van der Waals surface area contributed by atoms with Crippen LogP contribution in [0.5, 0.6) is 5.75 Å². The fraction of sp³-hybridized carbons (Fsp3) is 0.429. The molecule has 0 saturated heterocycles. The molecule has 0 fully saturated rings. The van der Waals surface area contributed by atoms with Gasteiger partial charge in [0.15, 0.2) is 0 Å². The van der Waals surface area contributed by atoms with E-state index in [1.807, 2.05) is 49.4 Å². The first kappa shape index (κ1) is 19.8. The lowest BCUT2D eigenvalue weighted by atomic mass is 9.98. The Balaban J connectivity index is 1.94. The minimum atomic E-state index is -0.589. The number of ether oxygens (including phenoxy) is 1. The second-order valence-corrected chi connectivity index (χ2v) is 6.47. The van der Waals surface area contributed by atoms with Crippen LogP contribution in [0.25, 0.3) is 0 Å². The normalized spacial score (nSPS) is 13.0. The van der Waals surface area contributed by atoms with Gasteiger partial charge in [-0.15, -0.1) is 0 Å². The SMILES string of the molecule is CC[C@H]([C@H](CCCCc1ccccc1)Nc1ccc(OC)cc1)[N+](=O)[O-]. The van der Waals surface area contributed by atoms with Crippen molar-refractivity contribution in [3.05, 3.63) is 70.3 Å². The molecular weight excluding hydrogens is 328 g/mol. The summed E-state index contributed by atoms with van der Waals surface area (Å²) in [5.41, 5.74) is 2.20. The van der Waals surface area contributed by atoms with E-state index in [1.54, 1.807) is 7.11 Å². The molecule has 1 N–H and O–H groups in total. The maximum absolute atomic E-state index is 11.5. The van der Waals surface area contributed by atoms with Crippen molar-refractivity contribution in [1.29, 1.82) is 0 Å². The Kier molecular flexibility index (Phi) is 7.93. The van der Waals surface area contributed by atoms with Crippen molar-refractivity contribution in [2.75, 3.05) is 12.4 Å². The van der Waals surface area contributed by atoms with E-state index < -0.39 is 6.04 Å². The molecular formula is C21H28N2O3. The van der Waals surface area contributed by atoms with E-state index in [4.69, 9.17) is 4.74 Å². The zero-order chi connectivity index (χ0) is 18.8. The third-order valence-electron chi connectivity index (χ3n) is 4.67. The molecule has 0 spiro atoms. The maximum Gasteiger partial charge on any atom is 0.232 e. The van der Waals surface area contributed by atoms with Crippen LogP contribution >= 0.6 is 0 Å². The first-order valence-corrected chi connectivity index (χ1v) is 9.22. The lowest BCUT2D eigenvalue weighted by Crippen LogP contribution is -2.39. The molecule has 0 aliphatic heterocycles. The van der Waals surface area contributed by atoms with Crippen LogP contribution in [0.1, 0.15) is 38.2 Å². The van der Waals surface area contributed by atoms with Crippen molar-refractivity contribution in [2.45, 2.75) is 51.1 Å². The van der Waals surface area contributed by atoms with Gasteiger partial charge in [0.1, 0.15) is 5.75 Å². The molecule has 26 heavy (non-hydrogen) atoms. The molecule has 0 aliphatic rings. The van der Waals surface area contributed by atoms with Crippen LogP contribution in [0.15, 0.2) is 54.6 Å². The molecule has 0 aliphatic carbocycles. The fourth-order valence-corrected chi connectivity index (χ4v) is 3.18. The number of aryl methyl sites for hydroxylation is 1. The molecule has 5 nitrogen and oxygen atoms in total. The van der Waals surface area contributed by atoms with Crippen molar-refractivity contribution in [3.8, 4) is 5.75 Å². The van der Waals surface area contributed by atoms with E-state index in [0.717, 1.165) is 37.1 Å². The van der Waals surface area contributed by atoms with Gasteiger partial charge in [0.2, 0.25) is 6.04 Å². The zero-order valence-electron chi connectivity index (χ0n) is 15.6. The molecule has 0 bridgehead atoms. The predicted octanol–water partition coefficient (Wildman–Crippen LogP) is 4.94. The highest BCUT2D eigenvalue weighted by Crippen LogP contribution is 2.21. The second kappa shape index (κ2) is 10.4. The molecule has 2 atom stereocenters. The average molecular weight is 356 g/mol. The van der Waals surface area contributed by atoms with Gasteiger partial charge >= 0.3 is 0 Å². The molecule has 0 amide bonds. The molecule has 2 rings (SSSR count). The van der Waals surface area contributed by atoms with Crippen LogP contribution in [0, 0.1) is 10.1 Å². The van der Waals surface area contributed by atoms with E-state index >= 15 is 0 Å². The number of methoxy groups -OCH3 is 1. The summed E-state index contributed by atoms with van der Waals surface area (Å²) in [5, 5.41) is 14.8. The minimum absolute atomic E-state index is 0.154. The Labute approximate surface area is 155 Å². The summed E-state index contributed by atoms with van der Waals surface area (Å²) >= 11 is 0. The molecule has 0 unspecified atom stereocenters. The number of nitrogens with one attached hydrogen (secondary N) is 1. The highest BCUT2D eigenvalue weighted by Gasteiger charge is 2.29. The zero-order valence-corrected chi connectivity index (χ0v) is 15.6. The molecule has 0 radical (unpaired) electrons. The van der Waals surface area contributed by atoms with Gasteiger partial charge in [0.05, 0.1) is 13.2 Å². The van der Waals surface area contributed by atoms with E-state index in [1.165, 1.54) is 5.56 Å². The van der Waals surface area contributed by atoms with Gasteiger partial charge in [0, 0.05) is 17.0 Å². The van der Waals surface area contributed by atoms with Crippen LogP contribution in [-0.2, 0) is 6.42 Å². The lowest BCUT2D eigenvalue weighted by molar-refractivity contribution is -0.525. The monoisotopic (exact) mass is 356 g/mol. The highest BCUT2D eigenvalue weighted by atomic mass is 16.6. The number of hydrogen-bond donors (Lipinski definition) is 1. The molecule has 0 aromatic heterocycles. The lowest BCUT2D eigenvalue weighted by Gasteiger charge is -2.22. The van der Waals surface area contributed by atoms with Gasteiger partial charge in [-0.2, -0.15) is 0 Å². The van der Waals surface area contributed by atoms with Gasteiger partial charge in [-0.25, -0.2) is 0 Å². The predicted molar refractivity (Wildman–Crippen MR) is 105 cm³/mol. The number of nitrogens with zero attached hydrogens (tertiary/aromatic N) is 1. The van der Waals surface area contributed by atoms with Gasteiger partial charge in [-0.3, -0.25) is 10.1 Å². The standard InChI is InChI=1S/C21H28N2O3/c1-3-21(23(24)25)20(22-18-13-15-19(26-2)16-14-18)12-8-7-11-17-9-5-4-6-10-17/h4-6,9-10,13-16,20-22H,3,7-8,11-12H2,1-2H3/t20-,21+/m0/s1. The maximum atomic E-state index is 11.5. The topological polar surface area (TPSA) is 64.4 Å². The molecule has 5 heteroatoms. The van der Waals surface area contributed by atoms with Crippen LogP contribution in [0.2, 0.25) is 0 Å². The Morgan fingerprint density at radius 3 is 2.35 bits per heavy atom. The van der Waals surface area contributed by atoms with Crippen molar-refractivity contribution in [2.24, 2.45) is 0 Å². The third kappa shape index (κ3) is 6.06. The number of benzene rings is 2. The summed E-state index contributed by atoms with van der Waals surface area (Å²) in [4.78, 5) is 11.3. The van der Waals surface area contributed by atoms with Gasteiger partial charge in [-0.1, -0.05) is 43.7 Å². The summed E-state index contributed by atoms with van der Waals surface area (Å²) in [6.07, 6.45) is 4.27. The number of rotatable bonds is 11. The highest BCUT2D eigenvalue weighted by molar-refractivity contribution is 5.47. The molecule has 0 saturated carbocycles. The smallest absolute Gasteiger partial charge is 0.232 e. The summed E-state index contributed by atoms with van der Waals surface area (Å²) in [6.45, 7) is 1.88. The number of hydrogen-bond acceptors (Lipinski definition) is 4. The molecule has 140 valence electrons. The second-order valence-electron chi connectivity index (χ2n) is 6.47. The largest absolute Gasteiger partial charge is 0.497 e. The van der Waals surface area contributed by atoms with Crippen LogP contribution in [0.3, 0.4) is 0 Å². The van der Waals surface area contributed by atoms with Crippen molar-refractivity contribution in [1.82, 2.24) is 0 Å². The summed E-state index contributed by atoms with van der Waals surface area (Å²) in [6, 6.07) is 17.1.